The average Bonchev–Trinajstić information content (AvgIpc) is 3.08. The van der Waals surface area contributed by atoms with E-state index in [0.29, 0.717) is 22.2 Å². The van der Waals surface area contributed by atoms with Crippen molar-refractivity contribution >= 4 is 29.5 Å². The molecule has 0 radical (unpaired) electrons. The van der Waals surface area contributed by atoms with Crippen molar-refractivity contribution in [2.45, 2.75) is 31.7 Å². The number of aromatic nitrogens is 3. The van der Waals surface area contributed by atoms with Gasteiger partial charge in [-0.05, 0) is 38.5 Å². The smallest absolute Gasteiger partial charge is 0.338 e. The molecule has 2 heterocycles. The number of rotatable bonds is 7. The molecule has 8 nitrogen and oxygen atoms in total. The number of anilines is 1. The van der Waals surface area contributed by atoms with Crippen LogP contribution in [0.5, 0.6) is 0 Å². The second-order valence-corrected chi connectivity index (χ2v) is 7.27. The van der Waals surface area contributed by atoms with Gasteiger partial charge in [0.05, 0.1) is 5.56 Å². The van der Waals surface area contributed by atoms with Crippen LogP contribution in [0.1, 0.15) is 33.1 Å². The standard InChI is InChI=1S/C20H20N4O4S/c1-12-8-13(2)22-20(21-12)29-11-15-6-4-5-7-16(15)19(26)27-10-18(25)23-17-9-14(3)28-24-17/h4-9H,10-11H2,1-3H3,(H,23,24,25). The fourth-order valence-corrected chi connectivity index (χ4v) is 3.51. The monoisotopic (exact) mass is 412 g/mol. The number of amides is 1. The summed E-state index contributed by atoms with van der Waals surface area (Å²) in [5.41, 5.74) is 2.95. The Morgan fingerprint density at radius 2 is 1.83 bits per heavy atom. The van der Waals surface area contributed by atoms with Gasteiger partial charge in [-0.2, -0.15) is 0 Å². The first-order chi connectivity index (χ1) is 13.9. The van der Waals surface area contributed by atoms with E-state index >= 15 is 0 Å². The van der Waals surface area contributed by atoms with Crippen LogP contribution in [0.2, 0.25) is 0 Å². The molecule has 0 spiro atoms. The van der Waals surface area contributed by atoms with Crippen molar-refractivity contribution in [1.82, 2.24) is 15.1 Å². The van der Waals surface area contributed by atoms with Gasteiger partial charge in [0.2, 0.25) is 0 Å². The topological polar surface area (TPSA) is 107 Å². The van der Waals surface area contributed by atoms with Gasteiger partial charge in [0, 0.05) is 23.2 Å². The van der Waals surface area contributed by atoms with Crippen LogP contribution >= 0.6 is 11.8 Å². The number of carbonyl (C=O) groups is 2. The molecule has 1 amide bonds. The molecule has 29 heavy (non-hydrogen) atoms. The Bertz CT molecular complexity index is 1010. The molecule has 0 aliphatic carbocycles. The Hall–Kier alpha value is -3.20. The first-order valence-electron chi connectivity index (χ1n) is 8.84. The van der Waals surface area contributed by atoms with Gasteiger partial charge in [-0.15, -0.1) is 0 Å². The van der Waals surface area contributed by atoms with Crippen LogP contribution in [0.25, 0.3) is 0 Å². The van der Waals surface area contributed by atoms with Crippen molar-refractivity contribution in [3.05, 3.63) is 64.7 Å². The number of aryl methyl sites for hydroxylation is 3. The van der Waals surface area contributed by atoms with Gasteiger partial charge < -0.3 is 14.6 Å². The lowest BCUT2D eigenvalue weighted by Crippen LogP contribution is -2.21. The van der Waals surface area contributed by atoms with E-state index in [-0.39, 0.29) is 5.82 Å². The van der Waals surface area contributed by atoms with Crippen LogP contribution in [-0.4, -0.2) is 33.6 Å². The van der Waals surface area contributed by atoms with Gasteiger partial charge in [-0.25, -0.2) is 14.8 Å². The largest absolute Gasteiger partial charge is 0.452 e. The van der Waals surface area contributed by atoms with Gasteiger partial charge in [0.25, 0.3) is 5.91 Å². The van der Waals surface area contributed by atoms with E-state index in [1.54, 1.807) is 25.1 Å². The minimum Gasteiger partial charge on any atom is -0.452 e. The summed E-state index contributed by atoms with van der Waals surface area (Å²) in [4.78, 5) is 33.2. The molecule has 0 unspecified atom stereocenters. The van der Waals surface area contributed by atoms with E-state index in [1.807, 2.05) is 32.0 Å². The van der Waals surface area contributed by atoms with Gasteiger partial charge in [-0.1, -0.05) is 35.1 Å². The van der Waals surface area contributed by atoms with Crippen molar-refractivity contribution in [3.63, 3.8) is 0 Å². The number of esters is 1. The zero-order valence-electron chi connectivity index (χ0n) is 16.3. The number of thioether (sulfide) groups is 1. The van der Waals surface area contributed by atoms with Gasteiger partial charge in [0.15, 0.2) is 17.6 Å². The van der Waals surface area contributed by atoms with E-state index in [0.717, 1.165) is 17.0 Å². The minimum absolute atomic E-state index is 0.272. The molecule has 2 aromatic heterocycles. The lowest BCUT2D eigenvalue weighted by molar-refractivity contribution is -0.119. The minimum atomic E-state index is -0.575. The predicted molar refractivity (Wildman–Crippen MR) is 108 cm³/mol. The third kappa shape index (κ3) is 5.89. The molecule has 0 aliphatic rings. The molecule has 150 valence electrons. The summed E-state index contributed by atoms with van der Waals surface area (Å²) >= 11 is 1.43. The highest BCUT2D eigenvalue weighted by Crippen LogP contribution is 2.22. The van der Waals surface area contributed by atoms with Crippen LogP contribution in [0.3, 0.4) is 0 Å². The van der Waals surface area contributed by atoms with Crippen molar-refractivity contribution in [3.8, 4) is 0 Å². The molecule has 9 heteroatoms. The predicted octanol–water partition coefficient (Wildman–Crippen LogP) is 3.48. The fourth-order valence-electron chi connectivity index (χ4n) is 2.56. The van der Waals surface area contributed by atoms with Gasteiger partial charge in [0.1, 0.15) is 5.76 Å². The highest BCUT2D eigenvalue weighted by Gasteiger charge is 2.15. The van der Waals surface area contributed by atoms with Crippen LogP contribution in [0, 0.1) is 20.8 Å². The molecule has 0 bridgehead atoms. The van der Waals surface area contributed by atoms with Crippen LogP contribution in [0.4, 0.5) is 5.82 Å². The summed E-state index contributed by atoms with van der Waals surface area (Å²) in [5, 5.41) is 6.80. The normalized spacial score (nSPS) is 10.6. The summed E-state index contributed by atoms with van der Waals surface area (Å²) < 4.78 is 10.0. The molecule has 0 saturated heterocycles. The maximum absolute atomic E-state index is 12.5. The summed E-state index contributed by atoms with van der Waals surface area (Å²) in [5.74, 6) is 0.264. The first-order valence-corrected chi connectivity index (χ1v) is 9.82. The second-order valence-electron chi connectivity index (χ2n) is 6.33. The van der Waals surface area contributed by atoms with Gasteiger partial charge in [-0.3, -0.25) is 4.79 Å². The molecule has 3 rings (SSSR count). The molecule has 0 saturated carbocycles. The number of hydrogen-bond donors (Lipinski definition) is 1. The van der Waals surface area contributed by atoms with Crippen molar-refractivity contribution in [1.29, 1.82) is 0 Å². The Morgan fingerprint density at radius 3 is 2.52 bits per heavy atom. The highest BCUT2D eigenvalue weighted by atomic mass is 32.2. The van der Waals surface area contributed by atoms with Crippen LogP contribution in [0.15, 0.2) is 46.1 Å². The number of carbonyl (C=O) groups excluding carboxylic acids is 2. The Balaban J connectivity index is 1.60. The molecule has 0 atom stereocenters. The molecule has 0 fully saturated rings. The van der Waals surface area contributed by atoms with E-state index in [4.69, 9.17) is 9.26 Å². The summed E-state index contributed by atoms with van der Waals surface area (Å²) in [6, 6.07) is 10.6. The van der Waals surface area contributed by atoms with Crippen LogP contribution in [-0.2, 0) is 15.3 Å². The third-order valence-electron chi connectivity index (χ3n) is 3.79. The SMILES string of the molecule is Cc1cc(C)nc(SCc2ccccc2C(=O)OCC(=O)Nc2cc(C)on2)n1. The number of ether oxygens (including phenoxy) is 1. The van der Waals surface area contributed by atoms with Crippen LogP contribution < -0.4 is 5.32 Å². The second kappa shape index (κ2) is 9.33. The maximum Gasteiger partial charge on any atom is 0.338 e. The lowest BCUT2D eigenvalue weighted by Gasteiger charge is -2.09. The van der Waals surface area contributed by atoms with Crippen molar-refractivity contribution in [2.75, 3.05) is 11.9 Å². The number of nitrogens with zero attached hydrogens (tertiary/aromatic N) is 3. The summed E-state index contributed by atoms with van der Waals surface area (Å²) in [6.07, 6.45) is 0. The van der Waals surface area contributed by atoms with Crippen molar-refractivity contribution < 1.29 is 18.8 Å². The van der Waals surface area contributed by atoms with E-state index in [2.05, 4.69) is 20.4 Å². The molecular formula is C20H20N4O4S. The molecule has 1 aromatic carbocycles. The third-order valence-corrected chi connectivity index (χ3v) is 4.68. The number of hydrogen-bond acceptors (Lipinski definition) is 8. The van der Waals surface area contributed by atoms with Gasteiger partial charge >= 0.3 is 5.97 Å². The Labute approximate surface area is 172 Å². The summed E-state index contributed by atoms with van der Waals surface area (Å²) in [6.45, 7) is 5.11. The molecular weight excluding hydrogens is 392 g/mol. The molecule has 0 aliphatic heterocycles. The summed E-state index contributed by atoms with van der Waals surface area (Å²) in [7, 11) is 0. The number of benzene rings is 1. The first kappa shape index (κ1) is 20.5. The molecule has 3 aromatic rings. The van der Waals surface area contributed by atoms with E-state index in [1.165, 1.54) is 11.8 Å². The maximum atomic E-state index is 12.5. The molecule has 1 N–H and O–H groups in total. The fraction of sp³-hybridized carbons (Fsp3) is 0.250. The quantitative estimate of drug-likeness (QED) is 0.357. The van der Waals surface area contributed by atoms with Crippen molar-refractivity contribution in [2.24, 2.45) is 0 Å². The number of nitrogens with one attached hydrogen (secondary N) is 1. The van der Waals surface area contributed by atoms with E-state index in [9.17, 15) is 9.59 Å². The highest BCUT2D eigenvalue weighted by molar-refractivity contribution is 7.98. The zero-order valence-corrected chi connectivity index (χ0v) is 17.1. The zero-order chi connectivity index (χ0) is 20.8. The lowest BCUT2D eigenvalue weighted by atomic mass is 10.1. The Kier molecular flexibility index (Phi) is 6.61. The van der Waals surface area contributed by atoms with E-state index < -0.39 is 18.5 Å². The Morgan fingerprint density at radius 1 is 1.10 bits per heavy atom. The average molecular weight is 412 g/mol.